The molecule has 1 aliphatic carbocycles. The van der Waals surface area contributed by atoms with Crippen LogP contribution in [-0.4, -0.2) is 18.9 Å². The molecule has 21 heavy (non-hydrogen) atoms. The van der Waals surface area contributed by atoms with E-state index in [4.69, 9.17) is 18.0 Å². The molecule has 1 aliphatic rings. The SMILES string of the molecule is Cc1cc(S(=O)(=O)NC2(C(N)=S)CCC(C)CC2)sc1Br. The average Bonchev–Trinajstić information content (AvgIpc) is 2.73. The molecule has 0 atom stereocenters. The molecule has 1 heterocycles. The Morgan fingerprint density at radius 3 is 2.52 bits per heavy atom. The van der Waals surface area contributed by atoms with Gasteiger partial charge < -0.3 is 5.73 Å². The van der Waals surface area contributed by atoms with Gasteiger partial charge in [-0.05, 0) is 66.1 Å². The number of thiophene rings is 1. The molecule has 0 aliphatic heterocycles. The van der Waals surface area contributed by atoms with Gasteiger partial charge in [0.05, 0.1) is 14.3 Å². The lowest BCUT2D eigenvalue weighted by Crippen LogP contribution is -2.58. The number of nitrogens with one attached hydrogen (secondary N) is 1. The van der Waals surface area contributed by atoms with Gasteiger partial charge >= 0.3 is 0 Å². The van der Waals surface area contributed by atoms with Crippen molar-refractivity contribution in [1.29, 1.82) is 0 Å². The lowest BCUT2D eigenvalue weighted by molar-refractivity contribution is 0.289. The van der Waals surface area contributed by atoms with Crippen LogP contribution in [0, 0.1) is 12.8 Å². The molecule has 2 rings (SSSR count). The van der Waals surface area contributed by atoms with E-state index in [0.717, 1.165) is 22.2 Å². The van der Waals surface area contributed by atoms with E-state index in [9.17, 15) is 8.42 Å². The number of halogens is 1. The van der Waals surface area contributed by atoms with E-state index in [1.54, 1.807) is 6.07 Å². The molecule has 8 heteroatoms. The fourth-order valence-electron chi connectivity index (χ4n) is 2.53. The second-order valence-electron chi connectivity index (χ2n) is 5.76. The molecule has 0 amide bonds. The molecule has 4 nitrogen and oxygen atoms in total. The highest BCUT2D eigenvalue weighted by Crippen LogP contribution is 2.35. The Balaban J connectivity index is 2.30. The monoisotopic (exact) mass is 410 g/mol. The molecule has 1 aromatic rings. The minimum Gasteiger partial charge on any atom is -0.392 e. The summed E-state index contributed by atoms with van der Waals surface area (Å²) in [6, 6.07) is 1.66. The Hall–Kier alpha value is -0.0200. The van der Waals surface area contributed by atoms with Crippen molar-refractivity contribution in [2.24, 2.45) is 11.7 Å². The van der Waals surface area contributed by atoms with Crippen LogP contribution in [0.5, 0.6) is 0 Å². The third-order valence-corrected chi connectivity index (χ3v) is 8.57. The summed E-state index contributed by atoms with van der Waals surface area (Å²) >= 11 is 9.72. The lowest BCUT2D eigenvalue weighted by atomic mass is 9.78. The van der Waals surface area contributed by atoms with Crippen LogP contribution < -0.4 is 10.5 Å². The molecule has 0 aromatic carbocycles. The molecule has 0 spiro atoms. The average molecular weight is 411 g/mol. The summed E-state index contributed by atoms with van der Waals surface area (Å²) in [6.45, 7) is 4.03. The molecule has 118 valence electrons. The summed E-state index contributed by atoms with van der Waals surface area (Å²) in [7, 11) is -3.61. The number of sulfonamides is 1. The maximum atomic E-state index is 12.6. The minimum atomic E-state index is -3.61. The van der Waals surface area contributed by atoms with E-state index < -0.39 is 15.6 Å². The lowest BCUT2D eigenvalue weighted by Gasteiger charge is -2.38. The van der Waals surface area contributed by atoms with Crippen molar-refractivity contribution in [3.05, 3.63) is 15.4 Å². The van der Waals surface area contributed by atoms with Crippen molar-refractivity contribution in [1.82, 2.24) is 4.72 Å². The van der Waals surface area contributed by atoms with Crippen LogP contribution >= 0.6 is 39.5 Å². The van der Waals surface area contributed by atoms with E-state index in [1.165, 1.54) is 11.3 Å². The van der Waals surface area contributed by atoms with E-state index in [0.29, 0.717) is 23.0 Å². The van der Waals surface area contributed by atoms with Crippen LogP contribution in [0.15, 0.2) is 14.1 Å². The van der Waals surface area contributed by atoms with Gasteiger partial charge in [-0.1, -0.05) is 19.1 Å². The fourth-order valence-corrected chi connectivity index (χ4v) is 6.51. The van der Waals surface area contributed by atoms with Crippen molar-refractivity contribution >= 4 is 54.5 Å². The van der Waals surface area contributed by atoms with E-state index in [2.05, 4.69) is 27.6 Å². The van der Waals surface area contributed by atoms with Crippen LogP contribution in [0.4, 0.5) is 0 Å². The van der Waals surface area contributed by atoms with Crippen LogP contribution in [0.1, 0.15) is 38.2 Å². The highest BCUT2D eigenvalue weighted by Gasteiger charge is 2.41. The van der Waals surface area contributed by atoms with Gasteiger partial charge in [-0.15, -0.1) is 11.3 Å². The molecule has 0 radical (unpaired) electrons. The van der Waals surface area contributed by atoms with Gasteiger partial charge in [0.1, 0.15) is 4.21 Å². The zero-order valence-electron chi connectivity index (χ0n) is 12.0. The molecule has 0 saturated heterocycles. The van der Waals surface area contributed by atoms with Gasteiger partial charge in [0, 0.05) is 0 Å². The van der Waals surface area contributed by atoms with Crippen LogP contribution in [0.2, 0.25) is 0 Å². The van der Waals surface area contributed by atoms with Gasteiger partial charge in [0.25, 0.3) is 10.0 Å². The van der Waals surface area contributed by atoms with E-state index in [-0.39, 0.29) is 4.99 Å². The van der Waals surface area contributed by atoms with Gasteiger partial charge in [-0.2, -0.15) is 4.72 Å². The second-order valence-corrected chi connectivity index (χ2v) is 10.5. The standard InChI is InChI=1S/C13H19BrN2O2S3/c1-8-3-5-13(6-4-8,12(15)19)16-21(17,18)10-7-9(2)11(14)20-10/h7-8,16H,3-6H2,1-2H3,(H2,15,19). The Bertz CT molecular complexity index is 627. The summed E-state index contributed by atoms with van der Waals surface area (Å²) in [4.78, 5) is 0.241. The zero-order chi connectivity index (χ0) is 15.8. The Kier molecular flexibility index (Phi) is 5.15. The molecule has 1 fully saturated rings. The smallest absolute Gasteiger partial charge is 0.250 e. The van der Waals surface area contributed by atoms with Crippen LogP contribution in [0.25, 0.3) is 0 Å². The first kappa shape index (κ1) is 17.3. The van der Waals surface area contributed by atoms with Crippen molar-refractivity contribution in [2.45, 2.75) is 49.3 Å². The van der Waals surface area contributed by atoms with Crippen molar-refractivity contribution in [2.75, 3.05) is 0 Å². The first-order chi connectivity index (χ1) is 9.66. The summed E-state index contributed by atoms with van der Waals surface area (Å²) in [5.74, 6) is 0.579. The summed E-state index contributed by atoms with van der Waals surface area (Å²) < 4.78 is 29.1. The quantitative estimate of drug-likeness (QED) is 0.746. The third kappa shape index (κ3) is 3.67. The molecule has 1 saturated carbocycles. The van der Waals surface area contributed by atoms with Gasteiger partial charge in [-0.3, -0.25) is 0 Å². The molecule has 0 bridgehead atoms. The number of aryl methyl sites for hydroxylation is 1. The van der Waals surface area contributed by atoms with Crippen LogP contribution in [-0.2, 0) is 10.0 Å². The number of thiocarbonyl (C=S) groups is 1. The fraction of sp³-hybridized carbons (Fsp3) is 0.615. The zero-order valence-corrected chi connectivity index (χ0v) is 16.0. The number of nitrogens with two attached hydrogens (primary N) is 1. The predicted molar refractivity (Wildman–Crippen MR) is 94.2 cm³/mol. The van der Waals surface area contributed by atoms with Crippen LogP contribution in [0.3, 0.4) is 0 Å². The van der Waals surface area contributed by atoms with Gasteiger partial charge in [0.15, 0.2) is 0 Å². The number of hydrogen-bond acceptors (Lipinski definition) is 4. The maximum absolute atomic E-state index is 12.6. The van der Waals surface area contributed by atoms with Crippen molar-refractivity contribution in [3.63, 3.8) is 0 Å². The largest absolute Gasteiger partial charge is 0.392 e. The van der Waals surface area contributed by atoms with Crippen molar-refractivity contribution in [3.8, 4) is 0 Å². The first-order valence-electron chi connectivity index (χ1n) is 6.76. The summed E-state index contributed by atoms with van der Waals surface area (Å²) in [5, 5.41) is 0. The Labute approximate surface area is 143 Å². The van der Waals surface area contributed by atoms with E-state index >= 15 is 0 Å². The second kappa shape index (κ2) is 6.23. The molecule has 3 N–H and O–H groups in total. The minimum absolute atomic E-state index is 0.241. The summed E-state index contributed by atoms with van der Waals surface area (Å²) in [5.41, 5.74) is 5.98. The molecule has 0 unspecified atom stereocenters. The topological polar surface area (TPSA) is 72.2 Å². The predicted octanol–water partition coefficient (Wildman–Crippen LogP) is 3.33. The Morgan fingerprint density at radius 2 is 2.10 bits per heavy atom. The highest BCUT2D eigenvalue weighted by molar-refractivity contribution is 9.11. The molecular weight excluding hydrogens is 392 g/mol. The van der Waals surface area contributed by atoms with E-state index in [1.807, 2.05) is 6.92 Å². The van der Waals surface area contributed by atoms with Gasteiger partial charge in [0.2, 0.25) is 0 Å². The summed E-state index contributed by atoms with van der Waals surface area (Å²) in [6.07, 6.45) is 3.17. The number of rotatable bonds is 4. The highest BCUT2D eigenvalue weighted by atomic mass is 79.9. The number of hydrogen-bond donors (Lipinski definition) is 2. The third-order valence-electron chi connectivity index (χ3n) is 4.03. The van der Waals surface area contributed by atoms with Crippen molar-refractivity contribution < 1.29 is 8.42 Å². The van der Waals surface area contributed by atoms with Gasteiger partial charge in [-0.25, -0.2) is 8.42 Å². The normalized spacial score (nSPS) is 26.7. The molecular formula is C13H19BrN2O2S3. The molecule has 1 aromatic heterocycles. The Morgan fingerprint density at radius 1 is 1.52 bits per heavy atom. The first-order valence-corrected chi connectivity index (χ1v) is 10.3. The maximum Gasteiger partial charge on any atom is 0.250 e.